The first-order valence-corrected chi connectivity index (χ1v) is 6.05. The van der Waals surface area contributed by atoms with E-state index < -0.39 is 0 Å². The fraction of sp³-hybridized carbons (Fsp3) is 0.778. The van der Waals surface area contributed by atoms with Gasteiger partial charge in [-0.25, -0.2) is 0 Å². The Morgan fingerprint density at radius 2 is 2.27 bits per heavy atom. The summed E-state index contributed by atoms with van der Waals surface area (Å²) < 4.78 is 0. The first kappa shape index (κ1) is 12.3. The molecule has 0 aliphatic carbocycles. The minimum atomic E-state index is -0.0931. The summed E-state index contributed by atoms with van der Waals surface area (Å²) in [5.41, 5.74) is 0. The van der Waals surface area contributed by atoms with Gasteiger partial charge in [0.1, 0.15) is 0 Å². The second-order valence-corrected chi connectivity index (χ2v) is 4.63. The van der Waals surface area contributed by atoms with E-state index >= 15 is 0 Å². The molecule has 86 valence electrons. The lowest BCUT2D eigenvalue weighted by Crippen LogP contribution is -2.43. The van der Waals surface area contributed by atoms with Crippen molar-refractivity contribution in [1.82, 2.24) is 15.5 Å². The summed E-state index contributed by atoms with van der Waals surface area (Å²) in [5, 5.41) is 5.82. The van der Waals surface area contributed by atoms with E-state index in [1.807, 2.05) is 0 Å². The highest BCUT2D eigenvalue weighted by atomic mass is 32.2. The van der Waals surface area contributed by atoms with Gasteiger partial charge in [-0.05, 0) is 0 Å². The van der Waals surface area contributed by atoms with Crippen LogP contribution in [0.15, 0.2) is 0 Å². The molecule has 15 heavy (non-hydrogen) atoms. The Kier molecular flexibility index (Phi) is 4.90. The number of amides is 2. The van der Waals surface area contributed by atoms with Crippen molar-refractivity contribution in [3.05, 3.63) is 0 Å². The van der Waals surface area contributed by atoms with E-state index in [0.717, 1.165) is 11.6 Å². The van der Waals surface area contributed by atoms with Crippen molar-refractivity contribution in [2.24, 2.45) is 0 Å². The molecule has 0 aromatic heterocycles. The molecule has 1 atom stereocenters. The summed E-state index contributed by atoms with van der Waals surface area (Å²) in [7, 11) is 3.42. The zero-order valence-electron chi connectivity index (χ0n) is 9.08. The first-order chi connectivity index (χ1) is 7.11. The Bertz CT molecular complexity index is 240. The van der Waals surface area contributed by atoms with Crippen LogP contribution in [0.5, 0.6) is 0 Å². The van der Waals surface area contributed by atoms with Crippen LogP contribution in [0.25, 0.3) is 0 Å². The number of carbonyl (C=O) groups is 2. The molecule has 0 unspecified atom stereocenters. The smallest absolute Gasteiger partial charge is 0.238 e. The molecular formula is C9H17N3O2S. The third-order valence-electron chi connectivity index (χ3n) is 2.17. The highest BCUT2D eigenvalue weighted by molar-refractivity contribution is 7.99. The zero-order chi connectivity index (χ0) is 11.3. The molecule has 0 spiro atoms. The summed E-state index contributed by atoms with van der Waals surface area (Å²) in [5.74, 6) is 1.66. The van der Waals surface area contributed by atoms with Crippen LogP contribution in [0.1, 0.15) is 6.42 Å². The Hall–Kier alpha value is -0.750. The van der Waals surface area contributed by atoms with Gasteiger partial charge in [0, 0.05) is 38.7 Å². The molecule has 5 nitrogen and oxygen atoms in total. The predicted octanol–water partition coefficient (Wildman–Crippen LogP) is -0.757. The van der Waals surface area contributed by atoms with Gasteiger partial charge in [-0.3, -0.25) is 14.9 Å². The first-order valence-electron chi connectivity index (χ1n) is 4.90. The van der Waals surface area contributed by atoms with Crippen LogP contribution in [-0.4, -0.2) is 55.0 Å². The van der Waals surface area contributed by atoms with Crippen molar-refractivity contribution in [2.75, 3.05) is 32.3 Å². The van der Waals surface area contributed by atoms with Gasteiger partial charge in [-0.15, -0.1) is 11.8 Å². The lowest BCUT2D eigenvalue weighted by Gasteiger charge is -2.12. The Balaban J connectivity index is 2.14. The van der Waals surface area contributed by atoms with E-state index in [-0.39, 0.29) is 17.9 Å². The molecule has 1 heterocycles. The molecule has 0 bridgehead atoms. The van der Waals surface area contributed by atoms with Gasteiger partial charge in [0.15, 0.2) is 0 Å². The van der Waals surface area contributed by atoms with Crippen LogP contribution >= 0.6 is 11.8 Å². The van der Waals surface area contributed by atoms with Crippen LogP contribution in [0.2, 0.25) is 0 Å². The van der Waals surface area contributed by atoms with Gasteiger partial charge in [-0.1, -0.05) is 0 Å². The average Bonchev–Trinajstić information content (AvgIpc) is 2.70. The van der Waals surface area contributed by atoms with Gasteiger partial charge >= 0.3 is 0 Å². The maximum atomic E-state index is 11.5. The molecule has 0 aromatic carbocycles. The standard InChI is InChI=1S/C9H17N3O2S/c1-12(2)8(13)3-4-10-9(14)7-5-15-6-11-7/h7,11H,3-6H2,1-2H3,(H,10,14)/t7-/m1/s1. The fourth-order valence-electron chi connectivity index (χ4n) is 1.20. The number of hydrogen-bond acceptors (Lipinski definition) is 4. The van der Waals surface area contributed by atoms with Gasteiger partial charge in [0.05, 0.1) is 6.04 Å². The highest BCUT2D eigenvalue weighted by Crippen LogP contribution is 2.08. The Labute approximate surface area is 94.0 Å². The average molecular weight is 231 g/mol. The van der Waals surface area contributed by atoms with E-state index in [9.17, 15) is 9.59 Å². The maximum Gasteiger partial charge on any atom is 0.238 e. The van der Waals surface area contributed by atoms with Crippen molar-refractivity contribution in [2.45, 2.75) is 12.5 Å². The molecular weight excluding hydrogens is 214 g/mol. The number of rotatable bonds is 4. The fourth-order valence-corrected chi connectivity index (χ4v) is 2.14. The highest BCUT2D eigenvalue weighted by Gasteiger charge is 2.21. The largest absolute Gasteiger partial charge is 0.354 e. The van der Waals surface area contributed by atoms with Gasteiger partial charge < -0.3 is 10.2 Å². The van der Waals surface area contributed by atoms with Crippen LogP contribution < -0.4 is 10.6 Å². The molecule has 1 aliphatic heterocycles. The van der Waals surface area contributed by atoms with Crippen molar-refractivity contribution in [3.63, 3.8) is 0 Å². The monoisotopic (exact) mass is 231 g/mol. The van der Waals surface area contributed by atoms with Gasteiger partial charge in [-0.2, -0.15) is 0 Å². The number of nitrogens with zero attached hydrogens (tertiary/aromatic N) is 1. The minimum absolute atomic E-state index is 0.00782. The Morgan fingerprint density at radius 3 is 2.80 bits per heavy atom. The summed E-state index contributed by atoms with van der Waals surface area (Å²) in [6, 6.07) is -0.0931. The number of thioether (sulfide) groups is 1. The summed E-state index contributed by atoms with van der Waals surface area (Å²) >= 11 is 1.71. The predicted molar refractivity (Wildman–Crippen MR) is 60.6 cm³/mol. The zero-order valence-corrected chi connectivity index (χ0v) is 9.89. The van der Waals surface area contributed by atoms with Crippen LogP contribution in [-0.2, 0) is 9.59 Å². The van der Waals surface area contributed by atoms with Crippen molar-refractivity contribution in [3.8, 4) is 0 Å². The molecule has 1 saturated heterocycles. The van der Waals surface area contributed by atoms with Crippen molar-refractivity contribution in [1.29, 1.82) is 0 Å². The molecule has 1 rings (SSSR count). The quantitative estimate of drug-likeness (QED) is 0.668. The molecule has 2 amide bonds. The number of nitrogens with one attached hydrogen (secondary N) is 2. The minimum Gasteiger partial charge on any atom is -0.354 e. The van der Waals surface area contributed by atoms with Gasteiger partial charge in [0.2, 0.25) is 11.8 Å². The second-order valence-electron chi connectivity index (χ2n) is 3.60. The molecule has 0 aromatic rings. The molecule has 2 N–H and O–H groups in total. The normalized spacial score (nSPS) is 20.0. The molecule has 0 saturated carbocycles. The SMILES string of the molecule is CN(C)C(=O)CCNC(=O)[C@H]1CSCN1. The maximum absolute atomic E-state index is 11.5. The summed E-state index contributed by atoms with van der Waals surface area (Å²) in [6.07, 6.45) is 0.360. The molecule has 6 heteroatoms. The van der Waals surface area contributed by atoms with Crippen molar-refractivity contribution >= 4 is 23.6 Å². The van der Waals surface area contributed by atoms with Crippen LogP contribution in [0, 0.1) is 0 Å². The molecule has 1 fully saturated rings. The third kappa shape index (κ3) is 4.09. The third-order valence-corrected chi connectivity index (χ3v) is 3.11. The van der Waals surface area contributed by atoms with E-state index in [4.69, 9.17) is 0 Å². The number of hydrogen-bond donors (Lipinski definition) is 2. The lowest BCUT2D eigenvalue weighted by atomic mass is 10.3. The van der Waals surface area contributed by atoms with Crippen molar-refractivity contribution < 1.29 is 9.59 Å². The number of carbonyl (C=O) groups excluding carboxylic acids is 2. The topological polar surface area (TPSA) is 61.4 Å². The molecule has 0 radical (unpaired) electrons. The van der Waals surface area contributed by atoms with E-state index in [0.29, 0.717) is 13.0 Å². The van der Waals surface area contributed by atoms with Crippen LogP contribution in [0.4, 0.5) is 0 Å². The summed E-state index contributed by atoms with van der Waals surface area (Å²) in [4.78, 5) is 24.2. The molecule has 1 aliphatic rings. The van der Waals surface area contributed by atoms with E-state index in [2.05, 4.69) is 10.6 Å². The van der Waals surface area contributed by atoms with E-state index in [1.54, 1.807) is 25.9 Å². The van der Waals surface area contributed by atoms with Crippen LogP contribution in [0.3, 0.4) is 0 Å². The Morgan fingerprint density at radius 1 is 1.53 bits per heavy atom. The summed E-state index contributed by atoms with van der Waals surface area (Å²) in [6.45, 7) is 0.415. The van der Waals surface area contributed by atoms with Gasteiger partial charge in [0.25, 0.3) is 0 Å². The lowest BCUT2D eigenvalue weighted by molar-refractivity contribution is -0.128. The van der Waals surface area contributed by atoms with E-state index in [1.165, 1.54) is 4.90 Å². The second kappa shape index (κ2) is 5.97.